The summed E-state index contributed by atoms with van der Waals surface area (Å²) in [6.07, 6.45) is 0.849. The van der Waals surface area contributed by atoms with Crippen molar-refractivity contribution in [3.05, 3.63) is 64.9 Å². The van der Waals surface area contributed by atoms with E-state index in [1.807, 2.05) is 36.4 Å². The Labute approximate surface area is 155 Å². The van der Waals surface area contributed by atoms with Crippen LogP contribution in [0.15, 0.2) is 53.7 Å². The van der Waals surface area contributed by atoms with Gasteiger partial charge in [0.1, 0.15) is 17.6 Å². The van der Waals surface area contributed by atoms with Crippen LogP contribution in [0.3, 0.4) is 0 Å². The van der Waals surface area contributed by atoms with Gasteiger partial charge in [0.05, 0.1) is 11.0 Å². The summed E-state index contributed by atoms with van der Waals surface area (Å²) in [4.78, 5) is 25.5. The lowest BCUT2D eigenvalue weighted by Crippen LogP contribution is -2.30. The molecule has 1 amide bonds. The van der Waals surface area contributed by atoms with Crippen molar-refractivity contribution in [1.82, 2.24) is 15.3 Å². The number of aromatic nitrogens is 2. The van der Waals surface area contributed by atoms with Crippen LogP contribution in [-0.2, 0) is 22.6 Å². The highest BCUT2D eigenvalue weighted by atomic mass is 35.5. The molecule has 0 saturated heterocycles. The van der Waals surface area contributed by atoms with Crippen molar-refractivity contribution in [2.75, 3.05) is 0 Å². The largest absolute Gasteiger partial charge is 0.391 e. The summed E-state index contributed by atoms with van der Waals surface area (Å²) in [5, 5.41) is 7.45. The summed E-state index contributed by atoms with van der Waals surface area (Å²) >= 11 is 5.86. The predicted molar refractivity (Wildman–Crippen MR) is 100 cm³/mol. The van der Waals surface area contributed by atoms with E-state index < -0.39 is 0 Å². The molecule has 1 atom stereocenters. The molecule has 0 radical (unpaired) electrons. The van der Waals surface area contributed by atoms with Gasteiger partial charge in [-0.05, 0) is 29.8 Å². The number of carbonyl (C=O) groups is 1. The Morgan fingerprint density at radius 2 is 2.04 bits per heavy atom. The second kappa shape index (κ2) is 7.17. The zero-order valence-corrected chi connectivity index (χ0v) is 14.7. The molecule has 2 aromatic carbocycles. The van der Waals surface area contributed by atoms with Crippen LogP contribution in [0.5, 0.6) is 0 Å². The summed E-state index contributed by atoms with van der Waals surface area (Å²) < 4.78 is 0. The molecule has 0 bridgehead atoms. The highest BCUT2D eigenvalue weighted by Crippen LogP contribution is 2.17. The van der Waals surface area contributed by atoms with Gasteiger partial charge in [0.2, 0.25) is 0 Å². The molecule has 0 aliphatic carbocycles. The second-order valence-corrected chi connectivity index (χ2v) is 6.62. The first-order valence-electron chi connectivity index (χ1n) is 8.36. The molecule has 3 aromatic rings. The van der Waals surface area contributed by atoms with Crippen molar-refractivity contribution in [2.45, 2.75) is 25.5 Å². The minimum absolute atomic E-state index is 0.188. The van der Waals surface area contributed by atoms with Crippen molar-refractivity contribution < 1.29 is 9.63 Å². The first-order valence-corrected chi connectivity index (χ1v) is 8.74. The van der Waals surface area contributed by atoms with E-state index in [2.05, 4.69) is 20.4 Å². The molecule has 1 aliphatic rings. The van der Waals surface area contributed by atoms with Crippen molar-refractivity contribution in [1.29, 1.82) is 0 Å². The molecule has 2 N–H and O–H groups in total. The maximum atomic E-state index is 12.3. The fourth-order valence-corrected chi connectivity index (χ4v) is 3.00. The topological polar surface area (TPSA) is 79.4 Å². The normalized spacial score (nSPS) is 16.3. The van der Waals surface area contributed by atoms with E-state index in [-0.39, 0.29) is 12.0 Å². The van der Waals surface area contributed by atoms with Gasteiger partial charge in [-0.1, -0.05) is 41.0 Å². The molecule has 26 heavy (non-hydrogen) atoms. The van der Waals surface area contributed by atoms with Crippen LogP contribution in [-0.4, -0.2) is 27.7 Å². The number of aromatic amines is 1. The fraction of sp³-hybridized carbons (Fsp3) is 0.211. The molecular weight excluding hydrogens is 352 g/mol. The summed E-state index contributed by atoms with van der Waals surface area (Å²) in [7, 11) is 0. The first kappa shape index (κ1) is 16.6. The number of amides is 1. The zero-order valence-electron chi connectivity index (χ0n) is 13.9. The number of halogens is 1. The summed E-state index contributed by atoms with van der Waals surface area (Å²) in [6.45, 7) is 0.420. The molecule has 7 heteroatoms. The van der Waals surface area contributed by atoms with Gasteiger partial charge < -0.3 is 15.1 Å². The third-order valence-electron chi connectivity index (χ3n) is 4.22. The Bertz CT molecular complexity index is 932. The molecule has 1 aromatic heterocycles. The Kier molecular flexibility index (Phi) is 4.58. The van der Waals surface area contributed by atoms with Crippen molar-refractivity contribution in [3.8, 4) is 0 Å². The average Bonchev–Trinajstić information content (AvgIpc) is 3.27. The highest BCUT2D eigenvalue weighted by molar-refractivity contribution is 6.39. The maximum Gasteiger partial charge on any atom is 0.269 e. The van der Waals surface area contributed by atoms with E-state index in [0.717, 1.165) is 22.4 Å². The third kappa shape index (κ3) is 3.70. The van der Waals surface area contributed by atoms with Gasteiger partial charge in [-0.2, -0.15) is 0 Å². The monoisotopic (exact) mass is 368 g/mol. The second-order valence-electron chi connectivity index (χ2n) is 6.18. The SMILES string of the molecule is O=C(NCc1ccc(Cl)cc1)C1=NOC(Cc2nc3ccccc3[nH]2)C1. The number of oxime groups is 1. The average molecular weight is 369 g/mol. The lowest BCUT2D eigenvalue weighted by molar-refractivity contribution is -0.115. The van der Waals surface area contributed by atoms with Crippen LogP contribution in [0.25, 0.3) is 11.0 Å². The molecule has 1 unspecified atom stereocenters. The number of para-hydroxylation sites is 2. The van der Waals surface area contributed by atoms with Crippen LogP contribution >= 0.6 is 11.6 Å². The van der Waals surface area contributed by atoms with Crippen molar-refractivity contribution >= 4 is 34.3 Å². The van der Waals surface area contributed by atoms with Gasteiger partial charge in [0.25, 0.3) is 5.91 Å². The Morgan fingerprint density at radius 3 is 2.85 bits per heavy atom. The van der Waals surface area contributed by atoms with E-state index in [1.165, 1.54) is 0 Å². The van der Waals surface area contributed by atoms with Crippen LogP contribution in [0.4, 0.5) is 0 Å². The number of imidazole rings is 1. The van der Waals surface area contributed by atoms with Gasteiger partial charge in [-0.15, -0.1) is 0 Å². The van der Waals surface area contributed by atoms with Gasteiger partial charge in [0.15, 0.2) is 0 Å². The number of benzene rings is 2. The number of hydrogen-bond acceptors (Lipinski definition) is 4. The van der Waals surface area contributed by atoms with E-state index in [9.17, 15) is 4.79 Å². The Morgan fingerprint density at radius 1 is 1.23 bits per heavy atom. The minimum atomic E-state index is -0.216. The number of rotatable bonds is 5. The highest BCUT2D eigenvalue weighted by Gasteiger charge is 2.27. The molecule has 2 heterocycles. The molecule has 132 valence electrons. The van der Waals surface area contributed by atoms with Crippen LogP contribution in [0.2, 0.25) is 5.02 Å². The van der Waals surface area contributed by atoms with Crippen LogP contribution in [0, 0.1) is 0 Å². The maximum absolute atomic E-state index is 12.3. The number of nitrogens with zero attached hydrogens (tertiary/aromatic N) is 2. The van der Waals surface area contributed by atoms with Gasteiger partial charge >= 0.3 is 0 Å². The number of fused-ring (bicyclic) bond motifs is 1. The fourth-order valence-electron chi connectivity index (χ4n) is 2.88. The van der Waals surface area contributed by atoms with Gasteiger partial charge in [-0.3, -0.25) is 4.79 Å². The van der Waals surface area contributed by atoms with E-state index in [1.54, 1.807) is 12.1 Å². The standard InChI is InChI=1S/C19H17ClN4O2/c20-13-7-5-12(6-8-13)11-21-19(25)17-9-14(26-24-17)10-18-22-15-3-1-2-4-16(15)23-18/h1-8,14H,9-11H2,(H,21,25)(H,22,23). The van der Waals surface area contributed by atoms with Gasteiger partial charge in [0, 0.05) is 24.4 Å². The minimum Gasteiger partial charge on any atom is -0.391 e. The van der Waals surface area contributed by atoms with E-state index >= 15 is 0 Å². The Balaban J connectivity index is 1.31. The molecular formula is C19H17ClN4O2. The van der Waals surface area contributed by atoms with Crippen LogP contribution < -0.4 is 5.32 Å². The van der Waals surface area contributed by atoms with Crippen molar-refractivity contribution in [2.24, 2.45) is 5.16 Å². The number of carbonyl (C=O) groups excluding carboxylic acids is 1. The number of hydrogen-bond donors (Lipinski definition) is 2. The molecule has 1 aliphatic heterocycles. The lowest BCUT2D eigenvalue weighted by atomic mass is 10.1. The zero-order chi connectivity index (χ0) is 17.9. The molecule has 6 nitrogen and oxygen atoms in total. The number of H-pyrrole nitrogens is 1. The Hall–Kier alpha value is -2.86. The predicted octanol–water partition coefficient (Wildman–Crippen LogP) is 3.22. The first-order chi connectivity index (χ1) is 12.7. The summed E-state index contributed by atoms with van der Waals surface area (Å²) in [5.74, 6) is 0.612. The van der Waals surface area contributed by atoms with Gasteiger partial charge in [-0.25, -0.2) is 4.98 Å². The van der Waals surface area contributed by atoms with E-state index in [0.29, 0.717) is 30.1 Å². The third-order valence-corrected chi connectivity index (χ3v) is 4.47. The lowest BCUT2D eigenvalue weighted by Gasteiger charge is -2.06. The van der Waals surface area contributed by atoms with Crippen molar-refractivity contribution in [3.63, 3.8) is 0 Å². The smallest absolute Gasteiger partial charge is 0.269 e. The summed E-state index contributed by atoms with van der Waals surface area (Å²) in [6, 6.07) is 15.2. The quantitative estimate of drug-likeness (QED) is 0.725. The number of nitrogens with one attached hydrogen (secondary N) is 2. The molecule has 0 spiro atoms. The summed E-state index contributed by atoms with van der Waals surface area (Å²) in [5.41, 5.74) is 3.28. The van der Waals surface area contributed by atoms with Crippen LogP contribution in [0.1, 0.15) is 17.8 Å². The molecule has 0 saturated carbocycles. The molecule has 4 rings (SSSR count). The molecule has 0 fully saturated rings. The van der Waals surface area contributed by atoms with E-state index in [4.69, 9.17) is 16.4 Å².